The first-order valence-electron chi connectivity index (χ1n) is 8.60. The van der Waals surface area contributed by atoms with Gasteiger partial charge in [-0.1, -0.05) is 24.3 Å². The Morgan fingerprint density at radius 2 is 2.25 bits per heavy atom. The molecule has 2 atom stereocenters. The maximum absolute atomic E-state index is 12.8. The summed E-state index contributed by atoms with van der Waals surface area (Å²) in [5.74, 6) is -0.0129. The van der Waals surface area contributed by atoms with E-state index >= 15 is 0 Å². The van der Waals surface area contributed by atoms with Crippen LogP contribution in [0.15, 0.2) is 36.4 Å². The number of para-hydroxylation sites is 1. The Balaban J connectivity index is 1.49. The molecule has 2 fully saturated rings. The number of rotatable bonds is 3. The summed E-state index contributed by atoms with van der Waals surface area (Å²) >= 11 is 0. The summed E-state index contributed by atoms with van der Waals surface area (Å²) in [4.78, 5) is 19.2. The highest BCUT2D eigenvalue weighted by atomic mass is 16.6. The van der Waals surface area contributed by atoms with Crippen LogP contribution in [0.25, 0.3) is 10.9 Å². The summed E-state index contributed by atoms with van der Waals surface area (Å²) in [5, 5.41) is 1.05. The predicted molar refractivity (Wildman–Crippen MR) is 91.0 cm³/mol. The smallest absolute Gasteiger partial charge is 0.272 e. The third-order valence-corrected chi connectivity index (χ3v) is 5.00. The fourth-order valence-electron chi connectivity index (χ4n) is 3.79. The van der Waals surface area contributed by atoms with Crippen molar-refractivity contribution >= 4 is 16.8 Å². The van der Waals surface area contributed by atoms with Crippen LogP contribution >= 0.6 is 0 Å². The van der Waals surface area contributed by atoms with Crippen molar-refractivity contribution in [2.45, 2.75) is 31.5 Å². The summed E-state index contributed by atoms with van der Waals surface area (Å²) in [6, 6.07) is 11.6. The van der Waals surface area contributed by atoms with Gasteiger partial charge in [-0.15, -0.1) is 0 Å². The van der Waals surface area contributed by atoms with Gasteiger partial charge in [-0.05, 0) is 25.5 Å². The zero-order valence-corrected chi connectivity index (χ0v) is 13.9. The third-order valence-electron chi connectivity index (χ3n) is 5.00. The molecule has 2 saturated heterocycles. The van der Waals surface area contributed by atoms with Gasteiger partial charge in [0, 0.05) is 25.0 Å². The maximum atomic E-state index is 12.8. The van der Waals surface area contributed by atoms with Crippen LogP contribution in [0.2, 0.25) is 0 Å². The first-order valence-corrected chi connectivity index (χ1v) is 8.60. The number of carbonyl (C=O) groups excluding carboxylic acids is 1. The fraction of sp³-hybridized carbons (Fsp3) is 0.474. The average Bonchev–Trinajstić information content (AvgIpc) is 3.21. The molecule has 24 heavy (non-hydrogen) atoms. The molecule has 1 aromatic carbocycles. The molecule has 2 aliphatic rings. The number of carbonyl (C=O) groups is 1. The number of aromatic nitrogens is 1. The number of nitrogens with zero attached hydrogens (tertiary/aromatic N) is 2. The van der Waals surface area contributed by atoms with E-state index in [1.807, 2.05) is 48.2 Å². The second-order valence-electron chi connectivity index (χ2n) is 6.64. The summed E-state index contributed by atoms with van der Waals surface area (Å²) in [5.41, 5.74) is 1.13. The molecule has 2 aliphatic heterocycles. The van der Waals surface area contributed by atoms with Gasteiger partial charge in [0.1, 0.15) is 5.69 Å². The molecule has 0 saturated carbocycles. The lowest BCUT2D eigenvalue weighted by atomic mass is 9.98. The quantitative estimate of drug-likeness (QED) is 0.870. The maximum Gasteiger partial charge on any atom is 0.272 e. The van der Waals surface area contributed by atoms with Crippen molar-refractivity contribution in [2.75, 3.05) is 26.3 Å². The minimum absolute atomic E-state index is 0.0129. The van der Waals surface area contributed by atoms with Crippen LogP contribution in [0.4, 0.5) is 0 Å². The summed E-state index contributed by atoms with van der Waals surface area (Å²) in [6.07, 6.45) is 1.90. The number of pyridine rings is 1. The van der Waals surface area contributed by atoms with E-state index in [2.05, 4.69) is 4.98 Å². The van der Waals surface area contributed by atoms with Gasteiger partial charge in [0.15, 0.2) is 0 Å². The van der Waals surface area contributed by atoms with Crippen LogP contribution in [0.1, 0.15) is 30.3 Å². The molecule has 0 bridgehead atoms. The summed E-state index contributed by atoms with van der Waals surface area (Å²) < 4.78 is 11.7. The highest BCUT2D eigenvalue weighted by Gasteiger charge is 2.47. The van der Waals surface area contributed by atoms with Gasteiger partial charge in [0.05, 0.1) is 30.4 Å². The molecule has 3 heterocycles. The number of fused-ring (bicyclic) bond motifs is 1. The number of ether oxygens (including phenoxy) is 2. The van der Waals surface area contributed by atoms with Gasteiger partial charge < -0.3 is 14.4 Å². The molecule has 0 unspecified atom stereocenters. The Hall–Kier alpha value is -1.98. The van der Waals surface area contributed by atoms with Crippen molar-refractivity contribution in [3.8, 4) is 0 Å². The van der Waals surface area contributed by atoms with Crippen molar-refractivity contribution in [1.29, 1.82) is 0 Å². The Morgan fingerprint density at radius 1 is 1.38 bits per heavy atom. The second-order valence-corrected chi connectivity index (χ2v) is 6.64. The average molecular weight is 326 g/mol. The Kier molecular flexibility index (Phi) is 3.98. The first-order chi connectivity index (χ1) is 11.7. The molecule has 2 aromatic rings. The third kappa shape index (κ3) is 2.78. The van der Waals surface area contributed by atoms with E-state index in [-0.39, 0.29) is 17.6 Å². The van der Waals surface area contributed by atoms with Crippen molar-refractivity contribution in [1.82, 2.24) is 9.88 Å². The molecule has 5 heteroatoms. The van der Waals surface area contributed by atoms with Gasteiger partial charge in [-0.3, -0.25) is 4.79 Å². The van der Waals surface area contributed by atoms with Gasteiger partial charge in [-0.25, -0.2) is 4.98 Å². The molecule has 0 radical (unpaired) electrons. The lowest BCUT2D eigenvalue weighted by molar-refractivity contribution is 0.00387. The Morgan fingerprint density at radius 3 is 3.12 bits per heavy atom. The molecule has 126 valence electrons. The molecule has 0 N–H and O–H groups in total. The Labute approximate surface area is 141 Å². The van der Waals surface area contributed by atoms with Crippen LogP contribution in [0, 0.1) is 0 Å². The van der Waals surface area contributed by atoms with Gasteiger partial charge >= 0.3 is 0 Å². The monoisotopic (exact) mass is 326 g/mol. The van der Waals surface area contributed by atoms with Crippen molar-refractivity contribution in [3.63, 3.8) is 0 Å². The first kappa shape index (κ1) is 15.5. The topological polar surface area (TPSA) is 51.7 Å². The van der Waals surface area contributed by atoms with E-state index in [1.54, 1.807) is 0 Å². The number of hydrogen-bond donors (Lipinski definition) is 0. The lowest BCUT2D eigenvalue weighted by Gasteiger charge is -2.23. The highest BCUT2D eigenvalue weighted by molar-refractivity contribution is 5.95. The molecular weight excluding hydrogens is 304 g/mol. The van der Waals surface area contributed by atoms with E-state index in [4.69, 9.17) is 9.47 Å². The van der Waals surface area contributed by atoms with Gasteiger partial charge in [-0.2, -0.15) is 0 Å². The number of likely N-dealkylation sites (tertiary alicyclic amines) is 1. The minimum atomic E-state index is -0.230. The van der Waals surface area contributed by atoms with Crippen molar-refractivity contribution in [2.24, 2.45) is 0 Å². The van der Waals surface area contributed by atoms with Crippen LogP contribution in [0.5, 0.6) is 0 Å². The van der Waals surface area contributed by atoms with Crippen LogP contribution in [-0.4, -0.2) is 53.8 Å². The molecule has 5 nitrogen and oxygen atoms in total. The van der Waals surface area contributed by atoms with Gasteiger partial charge in [0.25, 0.3) is 5.91 Å². The van der Waals surface area contributed by atoms with Crippen molar-refractivity contribution in [3.05, 3.63) is 42.1 Å². The predicted octanol–water partition coefficient (Wildman–Crippen LogP) is 2.64. The zero-order chi connectivity index (χ0) is 16.6. The highest BCUT2D eigenvalue weighted by Crippen LogP contribution is 2.36. The van der Waals surface area contributed by atoms with E-state index in [0.717, 1.165) is 23.7 Å². The molecule has 1 aromatic heterocycles. The van der Waals surface area contributed by atoms with E-state index in [0.29, 0.717) is 32.0 Å². The summed E-state index contributed by atoms with van der Waals surface area (Å²) in [7, 11) is 0. The minimum Gasteiger partial charge on any atom is -0.376 e. The van der Waals surface area contributed by atoms with Crippen LogP contribution in [-0.2, 0) is 9.47 Å². The largest absolute Gasteiger partial charge is 0.376 e. The fourth-order valence-corrected chi connectivity index (χ4v) is 3.79. The van der Waals surface area contributed by atoms with Crippen LogP contribution in [0.3, 0.4) is 0 Å². The lowest BCUT2D eigenvalue weighted by Crippen LogP contribution is -2.36. The van der Waals surface area contributed by atoms with E-state index in [9.17, 15) is 4.79 Å². The van der Waals surface area contributed by atoms with E-state index in [1.165, 1.54) is 0 Å². The molecule has 0 aliphatic carbocycles. The number of benzene rings is 1. The van der Waals surface area contributed by atoms with E-state index < -0.39 is 0 Å². The Bertz CT molecular complexity index is 763. The standard InChI is InChI=1S/C19H22N2O3/c1-2-23-15-11-19(24-12-15)9-10-21(13-19)18(22)17-8-7-14-5-3-4-6-16(14)20-17/h3-8,15H,2,9-13H2,1H3/t15-,19+/m0/s1. The van der Waals surface area contributed by atoms with Gasteiger partial charge in [0.2, 0.25) is 0 Å². The zero-order valence-electron chi connectivity index (χ0n) is 13.9. The summed E-state index contributed by atoms with van der Waals surface area (Å²) in [6.45, 7) is 4.68. The number of amides is 1. The normalized spacial score (nSPS) is 26.5. The molecular formula is C19H22N2O3. The van der Waals surface area contributed by atoms with Crippen molar-refractivity contribution < 1.29 is 14.3 Å². The number of hydrogen-bond acceptors (Lipinski definition) is 4. The molecule has 1 spiro atoms. The second kappa shape index (κ2) is 6.15. The SMILES string of the molecule is CCO[C@@H]1CO[C@]2(CCN(C(=O)c3ccc4ccccc4n3)C2)C1. The molecule has 4 rings (SSSR count). The molecule has 1 amide bonds. The van der Waals surface area contributed by atoms with Crippen LogP contribution < -0.4 is 0 Å².